The highest BCUT2D eigenvalue weighted by molar-refractivity contribution is 5.96. The first-order valence-electron chi connectivity index (χ1n) is 8.04. The maximum atomic E-state index is 12.7. The fourth-order valence-corrected chi connectivity index (χ4v) is 2.95. The minimum atomic E-state index is -0.0154. The molecule has 0 aliphatic carbocycles. The van der Waals surface area contributed by atoms with Crippen LogP contribution < -0.4 is 15.4 Å². The summed E-state index contributed by atoms with van der Waals surface area (Å²) in [6, 6.07) is 15.7. The lowest BCUT2D eigenvalue weighted by Crippen LogP contribution is -2.32. The normalized spacial score (nSPS) is 16.3. The predicted molar refractivity (Wildman–Crippen MR) is 90.8 cm³/mol. The molecule has 0 radical (unpaired) electrons. The summed E-state index contributed by atoms with van der Waals surface area (Å²) >= 11 is 0. The van der Waals surface area contributed by atoms with E-state index in [0.717, 1.165) is 41.8 Å². The largest absolute Gasteiger partial charge is 0.493 e. The summed E-state index contributed by atoms with van der Waals surface area (Å²) in [6.45, 7) is 1.48. The van der Waals surface area contributed by atoms with Crippen LogP contribution >= 0.6 is 0 Å². The van der Waals surface area contributed by atoms with E-state index in [1.165, 1.54) is 0 Å². The Labute approximate surface area is 136 Å². The van der Waals surface area contributed by atoms with Crippen LogP contribution in [0, 0.1) is 0 Å². The maximum absolute atomic E-state index is 12.7. The molecule has 0 bridgehead atoms. The number of likely N-dealkylation sites (N-methyl/N-ethyl adjacent to an activating group) is 1. The minimum absolute atomic E-state index is 0.00445. The van der Waals surface area contributed by atoms with E-state index in [2.05, 4.69) is 10.6 Å². The Bertz CT molecular complexity index is 685. The zero-order valence-corrected chi connectivity index (χ0v) is 13.3. The molecule has 0 saturated carbocycles. The molecule has 0 fully saturated rings. The highest BCUT2D eigenvalue weighted by Gasteiger charge is 2.23. The topological polar surface area (TPSA) is 50.4 Å². The van der Waals surface area contributed by atoms with Gasteiger partial charge in [0.1, 0.15) is 5.75 Å². The lowest BCUT2D eigenvalue weighted by atomic mass is 9.99. The van der Waals surface area contributed by atoms with Crippen molar-refractivity contribution in [3.8, 4) is 5.75 Å². The molecule has 23 heavy (non-hydrogen) atoms. The molecule has 2 aromatic rings. The SMILES string of the molecule is CNCCc1ccccc1C(=O)NC1CCOc2ccccc21. The van der Waals surface area contributed by atoms with Gasteiger partial charge in [-0.1, -0.05) is 36.4 Å². The van der Waals surface area contributed by atoms with Gasteiger partial charge in [0.2, 0.25) is 0 Å². The maximum Gasteiger partial charge on any atom is 0.252 e. The van der Waals surface area contributed by atoms with Gasteiger partial charge < -0.3 is 15.4 Å². The van der Waals surface area contributed by atoms with E-state index < -0.39 is 0 Å². The summed E-state index contributed by atoms with van der Waals surface area (Å²) in [5.41, 5.74) is 2.88. The van der Waals surface area contributed by atoms with Crippen molar-refractivity contribution in [3.05, 3.63) is 65.2 Å². The van der Waals surface area contributed by atoms with Crippen LogP contribution in [0.4, 0.5) is 0 Å². The molecule has 1 aliphatic heterocycles. The van der Waals surface area contributed by atoms with Crippen LogP contribution in [0.5, 0.6) is 5.75 Å². The van der Waals surface area contributed by atoms with Crippen LogP contribution in [-0.4, -0.2) is 26.1 Å². The Hall–Kier alpha value is -2.33. The number of benzene rings is 2. The van der Waals surface area contributed by atoms with Crippen molar-refractivity contribution in [1.82, 2.24) is 10.6 Å². The van der Waals surface area contributed by atoms with Crippen LogP contribution in [0.1, 0.15) is 33.9 Å². The minimum Gasteiger partial charge on any atom is -0.493 e. The van der Waals surface area contributed by atoms with E-state index in [-0.39, 0.29) is 11.9 Å². The van der Waals surface area contributed by atoms with E-state index in [1.54, 1.807) is 0 Å². The molecule has 1 aliphatic rings. The quantitative estimate of drug-likeness (QED) is 0.893. The summed E-state index contributed by atoms with van der Waals surface area (Å²) in [7, 11) is 1.92. The Balaban J connectivity index is 1.78. The molecule has 0 spiro atoms. The van der Waals surface area contributed by atoms with Crippen LogP contribution in [0.2, 0.25) is 0 Å². The number of hydrogen-bond donors (Lipinski definition) is 2. The van der Waals surface area contributed by atoms with Gasteiger partial charge in [0.25, 0.3) is 5.91 Å². The Morgan fingerprint density at radius 1 is 1.17 bits per heavy atom. The molecule has 2 aromatic carbocycles. The van der Waals surface area contributed by atoms with E-state index in [9.17, 15) is 4.79 Å². The van der Waals surface area contributed by atoms with Crippen molar-refractivity contribution in [2.45, 2.75) is 18.9 Å². The smallest absolute Gasteiger partial charge is 0.252 e. The number of ether oxygens (including phenoxy) is 1. The molecular weight excluding hydrogens is 288 g/mol. The third-order valence-corrected chi connectivity index (χ3v) is 4.17. The molecular formula is C19H22N2O2. The lowest BCUT2D eigenvalue weighted by Gasteiger charge is -2.27. The third kappa shape index (κ3) is 3.54. The van der Waals surface area contributed by atoms with E-state index in [1.807, 2.05) is 55.6 Å². The van der Waals surface area contributed by atoms with Gasteiger partial charge in [0.05, 0.1) is 12.6 Å². The standard InChI is InChI=1S/C19H22N2O2/c1-20-12-10-14-6-2-3-7-15(14)19(22)21-17-11-13-23-18-9-5-4-8-16(17)18/h2-9,17,20H,10-13H2,1H3,(H,21,22). The van der Waals surface area contributed by atoms with Gasteiger partial charge in [-0.3, -0.25) is 4.79 Å². The predicted octanol–water partition coefficient (Wildman–Crippen LogP) is 2.70. The first kappa shape index (κ1) is 15.6. The fraction of sp³-hybridized carbons (Fsp3) is 0.316. The van der Waals surface area contributed by atoms with Crippen LogP contribution in [0.15, 0.2) is 48.5 Å². The first-order valence-corrected chi connectivity index (χ1v) is 8.04. The van der Waals surface area contributed by atoms with Crippen molar-refractivity contribution < 1.29 is 9.53 Å². The molecule has 4 nitrogen and oxygen atoms in total. The van der Waals surface area contributed by atoms with Crippen molar-refractivity contribution in [2.24, 2.45) is 0 Å². The van der Waals surface area contributed by atoms with Gasteiger partial charge in [-0.15, -0.1) is 0 Å². The van der Waals surface area contributed by atoms with Gasteiger partial charge in [0.15, 0.2) is 0 Å². The number of nitrogens with one attached hydrogen (secondary N) is 2. The van der Waals surface area contributed by atoms with E-state index >= 15 is 0 Å². The molecule has 4 heteroatoms. The molecule has 0 aromatic heterocycles. The van der Waals surface area contributed by atoms with Gasteiger partial charge in [-0.05, 0) is 37.7 Å². The number of carbonyl (C=O) groups excluding carboxylic acids is 1. The van der Waals surface area contributed by atoms with Crippen LogP contribution in [-0.2, 0) is 6.42 Å². The monoisotopic (exact) mass is 310 g/mol. The second-order valence-electron chi connectivity index (χ2n) is 5.71. The molecule has 1 amide bonds. The summed E-state index contributed by atoms with van der Waals surface area (Å²) in [5, 5.41) is 6.30. The number of fused-ring (bicyclic) bond motifs is 1. The zero-order valence-electron chi connectivity index (χ0n) is 13.3. The van der Waals surface area contributed by atoms with Gasteiger partial charge in [0, 0.05) is 17.5 Å². The highest BCUT2D eigenvalue weighted by atomic mass is 16.5. The zero-order chi connectivity index (χ0) is 16.1. The molecule has 120 valence electrons. The van der Waals surface area contributed by atoms with E-state index in [0.29, 0.717) is 6.61 Å². The van der Waals surface area contributed by atoms with Crippen molar-refractivity contribution in [1.29, 1.82) is 0 Å². The summed E-state index contributed by atoms with van der Waals surface area (Å²) in [6.07, 6.45) is 1.63. The number of para-hydroxylation sites is 1. The average Bonchev–Trinajstić information content (AvgIpc) is 2.60. The highest BCUT2D eigenvalue weighted by Crippen LogP contribution is 2.31. The van der Waals surface area contributed by atoms with Gasteiger partial charge in [-0.2, -0.15) is 0 Å². The number of rotatable bonds is 5. The molecule has 1 heterocycles. The summed E-state index contributed by atoms with van der Waals surface area (Å²) in [4.78, 5) is 12.7. The number of amides is 1. The lowest BCUT2D eigenvalue weighted by molar-refractivity contribution is 0.0924. The Morgan fingerprint density at radius 2 is 1.96 bits per heavy atom. The van der Waals surface area contributed by atoms with Crippen molar-refractivity contribution >= 4 is 5.91 Å². The van der Waals surface area contributed by atoms with Gasteiger partial charge in [-0.25, -0.2) is 0 Å². The summed E-state index contributed by atoms with van der Waals surface area (Å²) in [5.74, 6) is 0.853. The third-order valence-electron chi connectivity index (χ3n) is 4.17. The fourth-order valence-electron chi connectivity index (χ4n) is 2.95. The van der Waals surface area contributed by atoms with Crippen molar-refractivity contribution in [3.63, 3.8) is 0 Å². The van der Waals surface area contributed by atoms with E-state index in [4.69, 9.17) is 4.74 Å². The summed E-state index contributed by atoms with van der Waals surface area (Å²) < 4.78 is 5.66. The molecule has 2 N–H and O–H groups in total. The van der Waals surface area contributed by atoms with Crippen molar-refractivity contribution in [2.75, 3.05) is 20.2 Å². The first-order chi connectivity index (χ1) is 11.3. The second-order valence-corrected chi connectivity index (χ2v) is 5.71. The second kappa shape index (κ2) is 7.29. The molecule has 0 saturated heterocycles. The molecule has 3 rings (SSSR count). The Morgan fingerprint density at radius 3 is 2.83 bits per heavy atom. The van der Waals surface area contributed by atoms with Crippen LogP contribution in [0.3, 0.4) is 0 Å². The molecule has 1 atom stereocenters. The average molecular weight is 310 g/mol. The number of hydrogen-bond acceptors (Lipinski definition) is 3. The van der Waals surface area contributed by atoms with Gasteiger partial charge >= 0.3 is 0 Å². The number of carbonyl (C=O) groups is 1. The molecule has 1 unspecified atom stereocenters. The van der Waals surface area contributed by atoms with Crippen LogP contribution in [0.25, 0.3) is 0 Å². The Kier molecular flexibility index (Phi) is 4.93.